The molecule has 0 unspecified atom stereocenters. The molecule has 108 valence electrons. The Bertz CT molecular complexity index is 787. The van der Waals surface area contributed by atoms with Crippen LogP contribution in [0.4, 0.5) is 0 Å². The van der Waals surface area contributed by atoms with Crippen molar-refractivity contribution in [2.45, 2.75) is 0 Å². The van der Waals surface area contributed by atoms with Gasteiger partial charge in [0, 0.05) is 17.3 Å². The Balaban J connectivity index is 2.17. The van der Waals surface area contributed by atoms with E-state index in [1.54, 1.807) is 0 Å². The molecular formula is C18H14N2O2. The van der Waals surface area contributed by atoms with Crippen molar-refractivity contribution in [2.24, 2.45) is 0 Å². The number of esters is 1. The highest BCUT2D eigenvalue weighted by Gasteiger charge is 2.17. The monoisotopic (exact) mass is 290 g/mol. The van der Waals surface area contributed by atoms with Gasteiger partial charge >= 0.3 is 5.97 Å². The molecule has 0 aliphatic heterocycles. The summed E-state index contributed by atoms with van der Waals surface area (Å²) in [4.78, 5) is 20.8. The lowest BCUT2D eigenvalue weighted by atomic mass is 10.1. The number of methoxy groups -OCH3 is 1. The molecule has 1 aromatic heterocycles. The second kappa shape index (κ2) is 6.18. The van der Waals surface area contributed by atoms with Crippen LogP contribution in [0, 0.1) is 0 Å². The Labute approximate surface area is 128 Å². The van der Waals surface area contributed by atoms with Gasteiger partial charge in [0.05, 0.1) is 12.8 Å². The van der Waals surface area contributed by atoms with Gasteiger partial charge in [-0.3, -0.25) is 0 Å². The Morgan fingerprint density at radius 1 is 0.909 bits per heavy atom. The van der Waals surface area contributed by atoms with Crippen molar-refractivity contribution in [3.05, 3.63) is 72.4 Å². The zero-order chi connectivity index (χ0) is 15.4. The van der Waals surface area contributed by atoms with Gasteiger partial charge in [-0.05, 0) is 0 Å². The molecule has 0 fully saturated rings. The zero-order valence-corrected chi connectivity index (χ0v) is 12.1. The van der Waals surface area contributed by atoms with Crippen molar-refractivity contribution >= 4 is 5.97 Å². The summed E-state index contributed by atoms with van der Waals surface area (Å²) < 4.78 is 4.83. The first-order chi connectivity index (χ1) is 10.8. The standard InChI is InChI=1S/C18H14N2O2/c1-22-18(21)15-12-19-17(14-10-6-3-7-11-14)20-16(15)13-8-4-2-5-9-13/h2-12H,1H3. The maximum absolute atomic E-state index is 12.0. The third-order valence-corrected chi connectivity index (χ3v) is 3.27. The van der Waals surface area contributed by atoms with Crippen molar-refractivity contribution in [3.63, 3.8) is 0 Å². The first kappa shape index (κ1) is 13.9. The van der Waals surface area contributed by atoms with E-state index in [0.29, 0.717) is 17.1 Å². The Hall–Kier alpha value is -3.01. The molecule has 0 saturated heterocycles. The van der Waals surface area contributed by atoms with Crippen molar-refractivity contribution < 1.29 is 9.53 Å². The number of hydrogen-bond donors (Lipinski definition) is 0. The van der Waals surface area contributed by atoms with Crippen molar-refractivity contribution in [3.8, 4) is 22.6 Å². The first-order valence-electron chi connectivity index (χ1n) is 6.86. The minimum atomic E-state index is -0.446. The highest BCUT2D eigenvalue weighted by molar-refractivity contribution is 5.96. The van der Waals surface area contributed by atoms with Crippen LogP contribution >= 0.6 is 0 Å². The fraction of sp³-hybridized carbons (Fsp3) is 0.0556. The average molecular weight is 290 g/mol. The van der Waals surface area contributed by atoms with Gasteiger partial charge in [0.15, 0.2) is 5.82 Å². The average Bonchev–Trinajstić information content (AvgIpc) is 2.62. The highest BCUT2D eigenvalue weighted by atomic mass is 16.5. The van der Waals surface area contributed by atoms with Crippen LogP contribution in [0.3, 0.4) is 0 Å². The molecular weight excluding hydrogens is 276 g/mol. The number of carbonyl (C=O) groups is 1. The lowest BCUT2D eigenvalue weighted by molar-refractivity contribution is 0.0601. The molecule has 0 bridgehead atoms. The smallest absolute Gasteiger partial charge is 0.341 e. The third-order valence-electron chi connectivity index (χ3n) is 3.27. The van der Waals surface area contributed by atoms with E-state index in [1.807, 2.05) is 60.7 Å². The van der Waals surface area contributed by atoms with Crippen LogP contribution in [-0.4, -0.2) is 23.0 Å². The summed E-state index contributed by atoms with van der Waals surface area (Å²) >= 11 is 0. The van der Waals surface area contributed by atoms with Crippen LogP contribution in [0.2, 0.25) is 0 Å². The topological polar surface area (TPSA) is 52.1 Å². The van der Waals surface area contributed by atoms with E-state index in [9.17, 15) is 4.79 Å². The first-order valence-corrected chi connectivity index (χ1v) is 6.86. The predicted molar refractivity (Wildman–Crippen MR) is 84.2 cm³/mol. The summed E-state index contributed by atoms with van der Waals surface area (Å²) in [5, 5.41) is 0. The summed E-state index contributed by atoms with van der Waals surface area (Å²) in [5.74, 6) is 0.130. The van der Waals surface area contributed by atoms with Crippen molar-refractivity contribution in [1.82, 2.24) is 9.97 Å². The molecule has 4 heteroatoms. The van der Waals surface area contributed by atoms with E-state index in [1.165, 1.54) is 13.3 Å². The molecule has 0 radical (unpaired) electrons. The summed E-state index contributed by atoms with van der Waals surface area (Å²) in [7, 11) is 1.35. The van der Waals surface area contributed by atoms with E-state index in [-0.39, 0.29) is 0 Å². The van der Waals surface area contributed by atoms with Gasteiger partial charge in [-0.1, -0.05) is 60.7 Å². The van der Waals surface area contributed by atoms with E-state index in [0.717, 1.165) is 11.1 Å². The molecule has 0 amide bonds. The molecule has 0 aliphatic rings. The minimum absolute atomic E-state index is 0.355. The number of ether oxygens (including phenoxy) is 1. The van der Waals surface area contributed by atoms with Gasteiger partial charge < -0.3 is 4.74 Å². The molecule has 2 aromatic carbocycles. The van der Waals surface area contributed by atoms with Gasteiger partial charge in [0.1, 0.15) is 5.56 Å². The number of hydrogen-bond acceptors (Lipinski definition) is 4. The SMILES string of the molecule is COC(=O)c1cnc(-c2ccccc2)nc1-c1ccccc1. The number of rotatable bonds is 3. The maximum Gasteiger partial charge on any atom is 0.341 e. The van der Waals surface area contributed by atoms with Crippen LogP contribution in [0.5, 0.6) is 0 Å². The van der Waals surface area contributed by atoms with Crippen LogP contribution in [0.1, 0.15) is 10.4 Å². The zero-order valence-electron chi connectivity index (χ0n) is 12.1. The molecule has 1 heterocycles. The van der Waals surface area contributed by atoms with Crippen LogP contribution in [0.15, 0.2) is 66.9 Å². The largest absolute Gasteiger partial charge is 0.465 e. The lowest BCUT2D eigenvalue weighted by Crippen LogP contribution is -2.07. The second-order valence-electron chi connectivity index (χ2n) is 4.68. The fourth-order valence-electron chi connectivity index (χ4n) is 2.18. The predicted octanol–water partition coefficient (Wildman–Crippen LogP) is 3.60. The van der Waals surface area contributed by atoms with Gasteiger partial charge in [0.2, 0.25) is 0 Å². The van der Waals surface area contributed by atoms with Gasteiger partial charge in [-0.25, -0.2) is 14.8 Å². The van der Waals surface area contributed by atoms with Crippen molar-refractivity contribution in [2.75, 3.05) is 7.11 Å². The molecule has 3 aromatic rings. The normalized spacial score (nSPS) is 10.2. The molecule has 4 nitrogen and oxygen atoms in total. The Morgan fingerprint density at radius 3 is 2.09 bits per heavy atom. The second-order valence-corrected chi connectivity index (χ2v) is 4.68. The number of nitrogens with zero attached hydrogens (tertiary/aromatic N) is 2. The fourth-order valence-corrected chi connectivity index (χ4v) is 2.18. The summed E-state index contributed by atoms with van der Waals surface area (Å²) in [5.41, 5.74) is 2.67. The maximum atomic E-state index is 12.0. The molecule has 0 atom stereocenters. The van der Waals surface area contributed by atoms with E-state index >= 15 is 0 Å². The lowest BCUT2D eigenvalue weighted by Gasteiger charge is -2.09. The molecule has 0 spiro atoms. The van der Waals surface area contributed by atoms with Gasteiger partial charge in [-0.2, -0.15) is 0 Å². The quantitative estimate of drug-likeness (QED) is 0.692. The number of benzene rings is 2. The van der Waals surface area contributed by atoms with E-state index < -0.39 is 5.97 Å². The van der Waals surface area contributed by atoms with Gasteiger partial charge in [0.25, 0.3) is 0 Å². The highest BCUT2D eigenvalue weighted by Crippen LogP contribution is 2.24. The summed E-state index contributed by atoms with van der Waals surface area (Å²) in [6.07, 6.45) is 1.52. The van der Waals surface area contributed by atoms with E-state index in [4.69, 9.17) is 4.74 Å². The molecule has 0 saturated carbocycles. The minimum Gasteiger partial charge on any atom is -0.465 e. The third kappa shape index (κ3) is 2.72. The molecule has 22 heavy (non-hydrogen) atoms. The van der Waals surface area contributed by atoms with Crippen LogP contribution in [-0.2, 0) is 4.74 Å². The Kier molecular flexibility index (Phi) is 3.92. The van der Waals surface area contributed by atoms with Crippen LogP contribution in [0.25, 0.3) is 22.6 Å². The molecule has 3 rings (SSSR count). The summed E-state index contributed by atoms with van der Waals surface area (Å²) in [6.45, 7) is 0. The number of carbonyl (C=O) groups excluding carboxylic acids is 1. The van der Waals surface area contributed by atoms with E-state index in [2.05, 4.69) is 9.97 Å². The molecule has 0 aliphatic carbocycles. The number of aromatic nitrogens is 2. The van der Waals surface area contributed by atoms with Crippen molar-refractivity contribution in [1.29, 1.82) is 0 Å². The van der Waals surface area contributed by atoms with Gasteiger partial charge in [-0.15, -0.1) is 0 Å². The van der Waals surface area contributed by atoms with Crippen LogP contribution < -0.4 is 0 Å². The Morgan fingerprint density at radius 2 is 1.50 bits per heavy atom. The summed E-state index contributed by atoms with van der Waals surface area (Å²) in [6, 6.07) is 19.2. The molecule has 0 N–H and O–H groups in total.